The monoisotopic (exact) mass is 260 g/mol. The van der Waals surface area contributed by atoms with E-state index in [-0.39, 0.29) is 11.5 Å². The Kier molecular flexibility index (Phi) is 3.55. The van der Waals surface area contributed by atoms with E-state index < -0.39 is 13.2 Å². The Balaban J connectivity index is 2.49. The zero-order valence-corrected chi connectivity index (χ0v) is 8.95. The maximum Gasteiger partial charge on any atom is 0.387 e. The van der Waals surface area contributed by atoms with Gasteiger partial charge in [-0.05, 0) is 11.5 Å². The number of benzene rings is 2. The van der Waals surface area contributed by atoms with Crippen LogP contribution in [0.3, 0.4) is 0 Å². The van der Waals surface area contributed by atoms with Gasteiger partial charge in [-0.3, -0.25) is 0 Å². The first-order chi connectivity index (χ1) is 8.56. The molecular weight excluding hydrogens is 252 g/mol. The molecule has 0 spiro atoms. The summed E-state index contributed by atoms with van der Waals surface area (Å²) in [5, 5.41) is 0.880. The fraction of sp³-hybridized carbons (Fsp3) is 0.167. The van der Waals surface area contributed by atoms with Crippen LogP contribution in [0.2, 0.25) is 0 Å². The highest BCUT2D eigenvalue weighted by atomic mass is 19.3. The lowest BCUT2D eigenvalue weighted by atomic mass is 10.1. The van der Waals surface area contributed by atoms with E-state index in [1.165, 1.54) is 6.07 Å². The minimum absolute atomic E-state index is 0.196. The molecule has 0 fully saturated rings. The molecule has 0 saturated carbocycles. The van der Waals surface area contributed by atoms with Crippen molar-refractivity contribution in [3.63, 3.8) is 0 Å². The quantitative estimate of drug-likeness (QED) is 0.772. The molecule has 0 amide bonds. The zero-order valence-electron chi connectivity index (χ0n) is 8.95. The van der Waals surface area contributed by atoms with Gasteiger partial charge in [0.15, 0.2) is 0 Å². The Morgan fingerprint density at radius 1 is 0.833 bits per heavy atom. The number of fused-ring (bicyclic) bond motifs is 1. The summed E-state index contributed by atoms with van der Waals surface area (Å²) in [7, 11) is 0. The van der Waals surface area contributed by atoms with Gasteiger partial charge in [0.1, 0.15) is 11.5 Å². The fourth-order valence-corrected chi connectivity index (χ4v) is 1.61. The first-order valence-electron chi connectivity index (χ1n) is 4.98. The zero-order chi connectivity index (χ0) is 13.1. The SMILES string of the molecule is FC(F)Oc1cc(OC(F)F)c2ccccc2c1. The molecule has 6 heteroatoms. The molecule has 0 aliphatic heterocycles. The van der Waals surface area contributed by atoms with Gasteiger partial charge in [0.05, 0.1) is 0 Å². The molecule has 0 radical (unpaired) electrons. The Morgan fingerprint density at radius 2 is 1.50 bits per heavy atom. The summed E-state index contributed by atoms with van der Waals surface area (Å²) >= 11 is 0. The van der Waals surface area contributed by atoms with Crippen molar-refractivity contribution in [2.75, 3.05) is 0 Å². The fourth-order valence-electron chi connectivity index (χ4n) is 1.61. The van der Waals surface area contributed by atoms with Gasteiger partial charge < -0.3 is 9.47 Å². The topological polar surface area (TPSA) is 18.5 Å². The van der Waals surface area contributed by atoms with Crippen LogP contribution in [0.5, 0.6) is 11.5 Å². The van der Waals surface area contributed by atoms with Crippen LogP contribution < -0.4 is 9.47 Å². The van der Waals surface area contributed by atoms with E-state index in [4.69, 9.17) is 0 Å². The molecule has 2 aromatic carbocycles. The van der Waals surface area contributed by atoms with Crippen molar-refractivity contribution >= 4 is 10.8 Å². The van der Waals surface area contributed by atoms with Gasteiger partial charge in [-0.2, -0.15) is 17.6 Å². The van der Waals surface area contributed by atoms with Gasteiger partial charge in [0.25, 0.3) is 0 Å². The molecule has 0 unspecified atom stereocenters. The van der Waals surface area contributed by atoms with Gasteiger partial charge in [0.2, 0.25) is 0 Å². The Hall–Kier alpha value is -1.98. The molecule has 0 N–H and O–H groups in total. The van der Waals surface area contributed by atoms with Crippen molar-refractivity contribution in [3.8, 4) is 11.5 Å². The standard InChI is InChI=1S/C12H8F4O2/c13-11(14)17-8-5-7-3-1-2-4-9(7)10(6-8)18-12(15)16/h1-6,11-12H. The molecule has 18 heavy (non-hydrogen) atoms. The minimum atomic E-state index is -3.03. The van der Waals surface area contributed by atoms with Crippen LogP contribution in [-0.4, -0.2) is 13.2 Å². The highest BCUT2D eigenvalue weighted by Crippen LogP contribution is 2.32. The second kappa shape index (κ2) is 5.12. The maximum absolute atomic E-state index is 12.2. The lowest BCUT2D eigenvalue weighted by Gasteiger charge is -2.11. The molecule has 0 aromatic heterocycles. The first kappa shape index (κ1) is 12.5. The number of halogens is 4. The predicted octanol–water partition coefficient (Wildman–Crippen LogP) is 4.04. The number of rotatable bonds is 4. The molecule has 0 aliphatic rings. The van der Waals surface area contributed by atoms with Crippen molar-refractivity contribution in [3.05, 3.63) is 36.4 Å². The van der Waals surface area contributed by atoms with Gasteiger partial charge in [0, 0.05) is 11.5 Å². The van der Waals surface area contributed by atoms with Crippen LogP contribution in [0.1, 0.15) is 0 Å². The maximum atomic E-state index is 12.2. The van der Waals surface area contributed by atoms with E-state index in [1.807, 2.05) is 0 Å². The molecule has 0 heterocycles. The minimum Gasteiger partial charge on any atom is -0.435 e. The van der Waals surface area contributed by atoms with E-state index >= 15 is 0 Å². The van der Waals surface area contributed by atoms with E-state index in [1.54, 1.807) is 24.3 Å². The van der Waals surface area contributed by atoms with Crippen molar-refractivity contribution in [2.24, 2.45) is 0 Å². The third-order valence-electron chi connectivity index (χ3n) is 2.24. The Labute approximate surface area is 99.7 Å². The van der Waals surface area contributed by atoms with Crippen LogP contribution in [0.25, 0.3) is 10.8 Å². The average molecular weight is 260 g/mol. The molecule has 0 aliphatic carbocycles. The molecular formula is C12H8F4O2. The smallest absolute Gasteiger partial charge is 0.387 e. The first-order valence-corrected chi connectivity index (χ1v) is 4.98. The average Bonchev–Trinajstić information content (AvgIpc) is 2.27. The number of ether oxygens (including phenoxy) is 2. The summed E-state index contributed by atoms with van der Waals surface area (Å²) < 4.78 is 57.1. The van der Waals surface area contributed by atoms with E-state index in [0.717, 1.165) is 6.07 Å². The molecule has 0 saturated heterocycles. The van der Waals surface area contributed by atoms with Gasteiger partial charge in [-0.1, -0.05) is 24.3 Å². The summed E-state index contributed by atoms with van der Waals surface area (Å²) in [6.45, 7) is -6.05. The lowest BCUT2D eigenvalue weighted by Crippen LogP contribution is -2.05. The van der Waals surface area contributed by atoms with Crippen LogP contribution >= 0.6 is 0 Å². The van der Waals surface area contributed by atoms with Gasteiger partial charge in [-0.25, -0.2) is 0 Å². The number of alkyl halides is 4. The second-order valence-electron chi connectivity index (χ2n) is 3.40. The summed E-state index contributed by atoms with van der Waals surface area (Å²) in [6.07, 6.45) is 0. The third-order valence-corrected chi connectivity index (χ3v) is 2.24. The van der Waals surface area contributed by atoms with Crippen molar-refractivity contribution in [2.45, 2.75) is 13.2 Å². The van der Waals surface area contributed by atoms with Crippen LogP contribution in [-0.2, 0) is 0 Å². The lowest BCUT2D eigenvalue weighted by molar-refractivity contribution is -0.0535. The molecule has 2 nitrogen and oxygen atoms in total. The number of hydrogen-bond donors (Lipinski definition) is 0. The Bertz CT molecular complexity index is 543. The second-order valence-corrected chi connectivity index (χ2v) is 3.40. The van der Waals surface area contributed by atoms with Crippen molar-refractivity contribution in [1.29, 1.82) is 0 Å². The highest BCUT2D eigenvalue weighted by Gasteiger charge is 2.12. The van der Waals surface area contributed by atoms with Gasteiger partial charge >= 0.3 is 13.2 Å². The highest BCUT2D eigenvalue weighted by molar-refractivity contribution is 5.89. The largest absolute Gasteiger partial charge is 0.435 e. The summed E-state index contributed by atoms with van der Waals surface area (Å²) in [5.41, 5.74) is 0. The van der Waals surface area contributed by atoms with Crippen LogP contribution in [0.4, 0.5) is 17.6 Å². The van der Waals surface area contributed by atoms with Crippen LogP contribution in [0.15, 0.2) is 36.4 Å². The van der Waals surface area contributed by atoms with Crippen LogP contribution in [0, 0.1) is 0 Å². The van der Waals surface area contributed by atoms with Gasteiger partial charge in [-0.15, -0.1) is 0 Å². The van der Waals surface area contributed by atoms with Crippen molar-refractivity contribution in [1.82, 2.24) is 0 Å². The van der Waals surface area contributed by atoms with E-state index in [9.17, 15) is 17.6 Å². The molecule has 0 bridgehead atoms. The van der Waals surface area contributed by atoms with E-state index in [2.05, 4.69) is 9.47 Å². The summed E-state index contributed by atoms with van der Waals surface area (Å²) in [4.78, 5) is 0. The molecule has 96 valence electrons. The summed E-state index contributed by atoms with van der Waals surface area (Å²) in [5.74, 6) is -0.418. The summed E-state index contributed by atoms with van der Waals surface area (Å²) in [6, 6.07) is 8.78. The number of hydrogen-bond acceptors (Lipinski definition) is 2. The Morgan fingerprint density at radius 3 is 2.17 bits per heavy atom. The third kappa shape index (κ3) is 2.82. The van der Waals surface area contributed by atoms with Crippen molar-refractivity contribution < 1.29 is 27.0 Å². The van der Waals surface area contributed by atoms with E-state index in [0.29, 0.717) is 10.8 Å². The normalized spacial score (nSPS) is 11.2. The predicted molar refractivity (Wildman–Crippen MR) is 57.2 cm³/mol. The molecule has 2 rings (SSSR count). The molecule has 2 aromatic rings. The molecule has 0 atom stereocenters.